The smallest absolute Gasteiger partial charge is 0.327 e. The normalized spacial score (nSPS) is 40.1. The highest BCUT2D eigenvalue weighted by Crippen LogP contribution is 2.49. The number of halogens is 1. The molecule has 0 N–H and O–H groups in total. The summed E-state index contributed by atoms with van der Waals surface area (Å²) in [7, 11) is 1.36. The minimum Gasteiger partial charge on any atom is -0.468 e. The van der Waals surface area contributed by atoms with Crippen LogP contribution < -0.4 is 0 Å². The van der Waals surface area contributed by atoms with Gasteiger partial charge in [-0.05, 0) is 12.3 Å². The molecule has 52 valence electrons. The van der Waals surface area contributed by atoms with E-state index in [0.29, 0.717) is 0 Å². The Bertz CT molecular complexity index is 146. The Hall–Kier alpha value is -0.240. The average Bonchev–Trinajstić information content (AvgIpc) is 2.41. The van der Waals surface area contributed by atoms with Crippen LogP contribution in [0.1, 0.15) is 13.3 Å². The van der Waals surface area contributed by atoms with Crippen molar-refractivity contribution in [3.8, 4) is 0 Å². The van der Waals surface area contributed by atoms with E-state index in [0.717, 1.165) is 6.42 Å². The summed E-state index contributed by atoms with van der Waals surface area (Å²) in [5.74, 6) is -0.0108. The summed E-state index contributed by atoms with van der Waals surface area (Å²) in [5.41, 5.74) is 0. The number of alkyl halides is 1. The molecule has 1 fully saturated rings. The van der Waals surface area contributed by atoms with E-state index in [1.54, 1.807) is 0 Å². The number of ether oxygens (including phenoxy) is 1. The monoisotopic (exact) mass is 148 g/mol. The fourth-order valence-electron chi connectivity index (χ4n) is 0.841. The van der Waals surface area contributed by atoms with Gasteiger partial charge in [0.1, 0.15) is 4.87 Å². The Morgan fingerprint density at radius 2 is 2.33 bits per heavy atom. The van der Waals surface area contributed by atoms with E-state index in [2.05, 4.69) is 4.74 Å². The highest BCUT2D eigenvalue weighted by atomic mass is 35.5. The molecule has 0 spiro atoms. The Balaban J connectivity index is 2.53. The fourth-order valence-corrected chi connectivity index (χ4v) is 1.15. The van der Waals surface area contributed by atoms with Crippen molar-refractivity contribution >= 4 is 17.6 Å². The molecule has 1 saturated carbocycles. The van der Waals surface area contributed by atoms with Gasteiger partial charge in [-0.3, -0.25) is 4.79 Å². The molecular weight excluding hydrogens is 140 g/mol. The largest absolute Gasteiger partial charge is 0.468 e. The van der Waals surface area contributed by atoms with Gasteiger partial charge in [0.15, 0.2) is 0 Å². The van der Waals surface area contributed by atoms with Crippen molar-refractivity contribution in [1.82, 2.24) is 0 Å². The number of carbonyl (C=O) groups is 1. The second-order valence-electron chi connectivity index (χ2n) is 2.46. The molecular formula is C6H9ClO2. The van der Waals surface area contributed by atoms with Gasteiger partial charge in [-0.15, -0.1) is 11.6 Å². The van der Waals surface area contributed by atoms with E-state index < -0.39 is 4.87 Å². The van der Waals surface area contributed by atoms with Crippen LogP contribution in [0.5, 0.6) is 0 Å². The first-order valence-electron chi connectivity index (χ1n) is 2.88. The van der Waals surface area contributed by atoms with E-state index in [1.165, 1.54) is 7.11 Å². The molecule has 0 aromatic heterocycles. The van der Waals surface area contributed by atoms with Crippen LogP contribution in [0.15, 0.2) is 0 Å². The molecule has 3 heteroatoms. The van der Waals surface area contributed by atoms with Gasteiger partial charge in [0.25, 0.3) is 0 Å². The summed E-state index contributed by atoms with van der Waals surface area (Å²) in [5, 5.41) is 0. The zero-order valence-electron chi connectivity index (χ0n) is 5.48. The molecule has 0 aromatic rings. The Kier molecular flexibility index (Phi) is 1.43. The highest BCUT2D eigenvalue weighted by molar-refractivity contribution is 6.36. The molecule has 0 bridgehead atoms. The first-order chi connectivity index (χ1) is 4.11. The lowest BCUT2D eigenvalue weighted by Gasteiger charge is -2.02. The molecule has 1 aliphatic rings. The van der Waals surface area contributed by atoms with Crippen molar-refractivity contribution in [2.45, 2.75) is 18.2 Å². The van der Waals surface area contributed by atoms with Gasteiger partial charge >= 0.3 is 5.97 Å². The standard InChI is InChI=1S/C6H9ClO2/c1-4-3-6(4,7)5(8)9-2/h4H,3H2,1-2H3/t4-,6-/m0/s1. The molecule has 0 heterocycles. The fraction of sp³-hybridized carbons (Fsp3) is 0.833. The van der Waals surface area contributed by atoms with Crippen molar-refractivity contribution in [2.24, 2.45) is 5.92 Å². The van der Waals surface area contributed by atoms with Gasteiger partial charge in [0, 0.05) is 0 Å². The number of methoxy groups -OCH3 is 1. The molecule has 9 heavy (non-hydrogen) atoms. The van der Waals surface area contributed by atoms with Crippen molar-refractivity contribution in [1.29, 1.82) is 0 Å². The third kappa shape index (κ3) is 0.917. The molecule has 0 saturated heterocycles. The Morgan fingerprint density at radius 1 is 1.89 bits per heavy atom. The predicted octanol–water partition coefficient (Wildman–Crippen LogP) is 1.18. The third-order valence-corrected chi connectivity index (χ3v) is 2.43. The maximum atomic E-state index is 10.8. The summed E-state index contributed by atoms with van der Waals surface area (Å²) in [6.45, 7) is 1.93. The molecule has 1 rings (SSSR count). The zero-order valence-corrected chi connectivity index (χ0v) is 6.23. The van der Waals surface area contributed by atoms with Gasteiger partial charge in [0.2, 0.25) is 0 Å². The van der Waals surface area contributed by atoms with Crippen LogP contribution in [0.4, 0.5) is 0 Å². The van der Waals surface area contributed by atoms with Crippen molar-refractivity contribution < 1.29 is 9.53 Å². The second-order valence-corrected chi connectivity index (χ2v) is 3.13. The molecule has 2 nitrogen and oxygen atoms in total. The second kappa shape index (κ2) is 1.87. The zero-order chi connectivity index (χ0) is 7.07. The van der Waals surface area contributed by atoms with E-state index in [9.17, 15) is 4.79 Å². The summed E-state index contributed by atoms with van der Waals surface area (Å²) in [6.07, 6.45) is 0.751. The van der Waals surface area contributed by atoms with E-state index in [4.69, 9.17) is 11.6 Å². The molecule has 0 amide bonds. The van der Waals surface area contributed by atoms with Crippen LogP contribution in [-0.4, -0.2) is 18.0 Å². The number of rotatable bonds is 1. The molecule has 0 aliphatic heterocycles. The maximum Gasteiger partial charge on any atom is 0.327 e. The summed E-state index contributed by atoms with van der Waals surface area (Å²) >= 11 is 5.77. The van der Waals surface area contributed by atoms with Gasteiger partial charge in [-0.2, -0.15) is 0 Å². The molecule has 1 aliphatic carbocycles. The summed E-state index contributed by atoms with van der Waals surface area (Å²) in [6, 6.07) is 0. The number of carbonyl (C=O) groups excluding carboxylic acids is 1. The van der Waals surface area contributed by atoms with Crippen LogP contribution in [0, 0.1) is 5.92 Å². The van der Waals surface area contributed by atoms with Crippen LogP contribution in [0.2, 0.25) is 0 Å². The third-order valence-electron chi connectivity index (χ3n) is 1.75. The Morgan fingerprint density at radius 3 is 2.44 bits per heavy atom. The molecule has 2 atom stereocenters. The van der Waals surface area contributed by atoms with Crippen LogP contribution >= 0.6 is 11.6 Å². The first kappa shape index (κ1) is 6.87. The minimum absolute atomic E-state index is 0.284. The van der Waals surface area contributed by atoms with Gasteiger partial charge in [0.05, 0.1) is 7.11 Å². The highest BCUT2D eigenvalue weighted by Gasteiger charge is 2.57. The number of hydrogen-bond acceptors (Lipinski definition) is 2. The quantitative estimate of drug-likeness (QED) is 0.412. The van der Waals surface area contributed by atoms with Crippen molar-refractivity contribution in [2.75, 3.05) is 7.11 Å². The van der Waals surface area contributed by atoms with Crippen LogP contribution in [0.25, 0.3) is 0 Å². The summed E-state index contributed by atoms with van der Waals surface area (Å²) < 4.78 is 4.48. The predicted molar refractivity (Wildman–Crippen MR) is 34.4 cm³/mol. The maximum absolute atomic E-state index is 10.8. The lowest BCUT2D eigenvalue weighted by Crippen LogP contribution is -2.19. The molecule has 0 unspecified atom stereocenters. The SMILES string of the molecule is COC(=O)[C@]1(Cl)C[C@@H]1C. The van der Waals surface area contributed by atoms with Gasteiger partial charge in [-0.1, -0.05) is 6.92 Å². The van der Waals surface area contributed by atoms with Crippen LogP contribution in [0.3, 0.4) is 0 Å². The topological polar surface area (TPSA) is 26.3 Å². The lowest BCUT2D eigenvalue weighted by atomic mass is 10.3. The van der Waals surface area contributed by atoms with E-state index in [-0.39, 0.29) is 11.9 Å². The van der Waals surface area contributed by atoms with Gasteiger partial charge < -0.3 is 4.74 Å². The van der Waals surface area contributed by atoms with Crippen LogP contribution in [-0.2, 0) is 9.53 Å². The van der Waals surface area contributed by atoms with E-state index in [1.807, 2.05) is 6.92 Å². The van der Waals surface area contributed by atoms with Crippen molar-refractivity contribution in [3.63, 3.8) is 0 Å². The van der Waals surface area contributed by atoms with E-state index >= 15 is 0 Å². The summed E-state index contributed by atoms with van der Waals surface area (Å²) in [4.78, 5) is 10.1. The number of hydrogen-bond donors (Lipinski definition) is 0. The average molecular weight is 149 g/mol. The molecule has 0 aromatic carbocycles. The lowest BCUT2D eigenvalue weighted by molar-refractivity contribution is -0.141. The first-order valence-corrected chi connectivity index (χ1v) is 3.26. The van der Waals surface area contributed by atoms with Crippen molar-refractivity contribution in [3.05, 3.63) is 0 Å². The van der Waals surface area contributed by atoms with Gasteiger partial charge in [-0.25, -0.2) is 0 Å². The minimum atomic E-state index is -0.672. The molecule has 0 radical (unpaired) electrons. The Labute approximate surface area is 59.1 Å². The number of esters is 1.